The van der Waals surface area contributed by atoms with Gasteiger partial charge in [-0.2, -0.15) is 0 Å². The molecule has 1 aromatic carbocycles. The van der Waals surface area contributed by atoms with Crippen molar-refractivity contribution in [3.8, 4) is 0 Å². The number of aromatic amines is 1. The number of carbonyl (C=O) groups excluding carboxylic acids is 1. The van der Waals surface area contributed by atoms with Gasteiger partial charge in [0, 0.05) is 13.1 Å². The molecule has 0 radical (unpaired) electrons. The zero-order chi connectivity index (χ0) is 12.5. The first kappa shape index (κ1) is 11.1. The molecule has 1 aliphatic heterocycles. The molecule has 5 heteroatoms. The average Bonchev–Trinajstić information content (AvgIpc) is 2.69. The maximum Gasteiger partial charge on any atom is 0.317 e. The fourth-order valence-electron chi connectivity index (χ4n) is 2.04. The second kappa shape index (κ2) is 4.33. The molecule has 2 aromatic rings. The predicted molar refractivity (Wildman–Crippen MR) is 69.2 cm³/mol. The molecule has 2 N–H and O–H groups in total. The van der Waals surface area contributed by atoms with Crippen LogP contribution >= 0.6 is 0 Å². The Morgan fingerprint density at radius 3 is 2.89 bits per heavy atom. The van der Waals surface area contributed by atoms with Crippen LogP contribution in [0.4, 0.5) is 4.79 Å². The van der Waals surface area contributed by atoms with Gasteiger partial charge in [-0.3, -0.25) is 0 Å². The fraction of sp³-hybridized carbons (Fsp3) is 0.385. The average molecular weight is 244 g/mol. The Bertz CT molecular complexity index is 540. The summed E-state index contributed by atoms with van der Waals surface area (Å²) < 4.78 is 0. The topological polar surface area (TPSA) is 61.0 Å². The van der Waals surface area contributed by atoms with Gasteiger partial charge < -0.3 is 15.2 Å². The Morgan fingerprint density at radius 2 is 2.22 bits per heavy atom. The lowest BCUT2D eigenvalue weighted by molar-refractivity contribution is 0.164. The van der Waals surface area contributed by atoms with Crippen molar-refractivity contribution in [2.75, 3.05) is 13.1 Å². The van der Waals surface area contributed by atoms with Crippen LogP contribution < -0.4 is 5.32 Å². The van der Waals surface area contributed by atoms with E-state index < -0.39 is 0 Å². The standard InChI is InChI=1S/C13H16N4O/c1-9(14-13(18)17-7-4-8-17)12-15-10-5-2-3-6-11(10)16-12/h2-3,5-6,9H,4,7-8H2,1H3,(H,14,18)(H,15,16)/t9-/m1/s1. The van der Waals surface area contributed by atoms with E-state index in [1.807, 2.05) is 31.2 Å². The number of fused-ring (bicyclic) bond motifs is 1. The molecule has 1 atom stereocenters. The van der Waals surface area contributed by atoms with Gasteiger partial charge in [-0.1, -0.05) is 12.1 Å². The van der Waals surface area contributed by atoms with E-state index in [0.717, 1.165) is 36.4 Å². The van der Waals surface area contributed by atoms with Gasteiger partial charge in [0.15, 0.2) is 0 Å². The molecule has 94 valence electrons. The van der Waals surface area contributed by atoms with Crippen molar-refractivity contribution in [1.82, 2.24) is 20.2 Å². The van der Waals surface area contributed by atoms with E-state index in [-0.39, 0.29) is 12.1 Å². The van der Waals surface area contributed by atoms with Crippen LogP contribution in [0.2, 0.25) is 0 Å². The van der Waals surface area contributed by atoms with E-state index in [9.17, 15) is 4.79 Å². The van der Waals surface area contributed by atoms with Crippen LogP contribution in [0.25, 0.3) is 11.0 Å². The number of rotatable bonds is 2. The van der Waals surface area contributed by atoms with Crippen LogP contribution in [-0.2, 0) is 0 Å². The van der Waals surface area contributed by atoms with Gasteiger partial charge in [0.25, 0.3) is 0 Å². The number of H-pyrrole nitrogens is 1. The maximum absolute atomic E-state index is 11.8. The van der Waals surface area contributed by atoms with Crippen LogP contribution in [0.5, 0.6) is 0 Å². The summed E-state index contributed by atoms with van der Waals surface area (Å²) in [6.07, 6.45) is 1.10. The molecule has 0 unspecified atom stereocenters. The Balaban J connectivity index is 1.74. The highest BCUT2D eigenvalue weighted by atomic mass is 16.2. The SMILES string of the molecule is C[C@@H](NC(=O)N1CCC1)c1nc2ccccc2[nH]1. The van der Waals surface area contributed by atoms with Crippen LogP contribution in [0.15, 0.2) is 24.3 Å². The number of benzene rings is 1. The summed E-state index contributed by atoms with van der Waals surface area (Å²) in [6.45, 7) is 3.66. The third kappa shape index (κ3) is 1.92. The lowest BCUT2D eigenvalue weighted by Crippen LogP contribution is -2.48. The third-order valence-corrected chi connectivity index (χ3v) is 3.30. The summed E-state index contributed by atoms with van der Waals surface area (Å²) in [5.41, 5.74) is 1.93. The number of para-hydroxylation sites is 2. The van der Waals surface area contributed by atoms with Crippen LogP contribution in [0.1, 0.15) is 25.2 Å². The summed E-state index contributed by atoms with van der Waals surface area (Å²) in [7, 11) is 0. The monoisotopic (exact) mass is 244 g/mol. The molecule has 1 aromatic heterocycles. The van der Waals surface area contributed by atoms with E-state index in [1.54, 1.807) is 4.90 Å². The second-order valence-corrected chi connectivity index (χ2v) is 4.65. The van der Waals surface area contributed by atoms with E-state index in [0.29, 0.717) is 0 Å². The minimum atomic E-state index is -0.106. The van der Waals surface area contributed by atoms with Gasteiger partial charge in [-0.05, 0) is 25.5 Å². The van der Waals surface area contributed by atoms with Crippen molar-refractivity contribution in [1.29, 1.82) is 0 Å². The molecule has 1 fully saturated rings. The van der Waals surface area contributed by atoms with E-state index in [4.69, 9.17) is 0 Å². The molecule has 3 rings (SSSR count). The Hall–Kier alpha value is -2.04. The lowest BCUT2D eigenvalue weighted by atomic mass is 10.2. The van der Waals surface area contributed by atoms with Crippen molar-refractivity contribution in [2.45, 2.75) is 19.4 Å². The predicted octanol–water partition coefficient (Wildman–Crippen LogP) is 2.04. The number of hydrogen-bond acceptors (Lipinski definition) is 2. The number of hydrogen-bond donors (Lipinski definition) is 2. The first-order valence-electron chi connectivity index (χ1n) is 6.24. The molecule has 0 spiro atoms. The highest BCUT2D eigenvalue weighted by molar-refractivity contribution is 5.76. The smallest absolute Gasteiger partial charge is 0.317 e. The zero-order valence-corrected chi connectivity index (χ0v) is 10.3. The molecule has 5 nitrogen and oxygen atoms in total. The van der Waals surface area contributed by atoms with Gasteiger partial charge in [0.05, 0.1) is 17.1 Å². The first-order valence-corrected chi connectivity index (χ1v) is 6.24. The quantitative estimate of drug-likeness (QED) is 0.849. The zero-order valence-electron chi connectivity index (χ0n) is 10.3. The summed E-state index contributed by atoms with van der Waals surface area (Å²) in [6, 6.07) is 7.75. The van der Waals surface area contributed by atoms with Crippen molar-refractivity contribution in [2.24, 2.45) is 0 Å². The number of nitrogens with one attached hydrogen (secondary N) is 2. The van der Waals surface area contributed by atoms with E-state index in [1.165, 1.54) is 0 Å². The van der Waals surface area contributed by atoms with Crippen LogP contribution in [0.3, 0.4) is 0 Å². The van der Waals surface area contributed by atoms with Gasteiger partial charge in [-0.15, -0.1) is 0 Å². The number of aromatic nitrogens is 2. The molecule has 0 saturated carbocycles. The summed E-state index contributed by atoms with van der Waals surface area (Å²) in [5.74, 6) is 0.796. The fourth-order valence-corrected chi connectivity index (χ4v) is 2.04. The molecule has 1 saturated heterocycles. The second-order valence-electron chi connectivity index (χ2n) is 4.65. The lowest BCUT2D eigenvalue weighted by Gasteiger charge is -2.31. The van der Waals surface area contributed by atoms with Gasteiger partial charge in [0.1, 0.15) is 5.82 Å². The number of imidazole rings is 1. The number of likely N-dealkylation sites (tertiary alicyclic amines) is 1. The first-order chi connectivity index (χ1) is 8.74. The Labute approximate surface area is 105 Å². The summed E-state index contributed by atoms with van der Waals surface area (Å²) in [5, 5.41) is 2.95. The highest BCUT2D eigenvalue weighted by Gasteiger charge is 2.22. The Kier molecular flexibility index (Phi) is 2.66. The molecule has 0 bridgehead atoms. The largest absolute Gasteiger partial charge is 0.340 e. The third-order valence-electron chi connectivity index (χ3n) is 3.30. The Morgan fingerprint density at radius 1 is 1.44 bits per heavy atom. The maximum atomic E-state index is 11.8. The van der Waals surface area contributed by atoms with Gasteiger partial charge in [-0.25, -0.2) is 9.78 Å². The molecule has 2 heterocycles. The highest BCUT2D eigenvalue weighted by Crippen LogP contribution is 2.16. The minimum absolute atomic E-state index is 0.00536. The molecule has 0 aliphatic carbocycles. The summed E-state index contributed by atoms with van der Waals surface area (Å²) >= 11 is 0. The van der Waals surface area contributed by atoms with Crippen LogP contribution in [0, 0.1) is 0 Å². The minimum Gasteiger partial charge on any atom is -0.340 e. The number of urea groups is 1. The number of carbonyl (C=O) groups is 1. The van der Waals surface area contributed by atoms with Crippen LogP contribution in [-0.4, -0.2) is 34.0 Å². The summed E-state index contributed by atoms with van der Waals surface area (Å²) in [4.78, 5) is 21.3. The van der Waals surface area contributed by atoms with Crippen molar-refractivity contribution in [3.05, 3.63) is 30.1 Å². The number of nitrogens with zero attached hydrogens (tertiary/aromatic N) is 2. The van der Waals surface area contributed by atoms with Gasteiger partial charge >= 0.3 is 6.03 Å². The van der Waals surface area contributed by atoms with Gasteiger partial charge in [0.2, 0.25) is 0 Å². The number of amides is 2. The normalized spacial score (nSPS) is 16.4. The molecule has 1 aliphatic rings. The van der Waals surface area contributed by atoms with E-state index in [2.05, 4.69) is 15.3 Å². The van der Waals surface area contributed by atoms with Crippen molar-refractivity contribution < 1.29 is 4.79 Å². The molecular weight excluding hydrogens is 228 g/mol. The molecular formula is C13H16N4O. The molecule has 2 amide bonds. The van der Waals surface area contributed by atoms with Crippen molar-refractivity contribution in [3.63, 3.8) is 0 Å². The van der Waals surface area contributed by atoms with E-state index >= 15 is 0 Å². The molecule has 18 heavy (non-hydrogen) atoms. The van der Waals surface area contributed by atoms with Crippen molar-refractivity contribution >= 4 is 17.1 Å².